The van der Waals surface area contributed by atoms with Gasteiger partial charge in [0.1, 0.15) is 12.0 Å². The fourth-order valence-corrected chi connectivity index (χ4v) is 1.15. The molecule has 3 N–H and O–H groups in total. The zero-order valence-electron chi connectivity index (χ0n) is 9.64. The van der Waals surface area contributed by atoms with Gasteiger partial charge in [-0.2, -0.15) is 0 Å². The van der Waals surface area contributed by atoms with Gasteiger partial charge in [-0.1, -0.05) is 6.92 Å². The second-order valence-electron chi connectivity index (χ2n) is 3.67. The number of nitrogens with one attached hydrogen (secondary N) is 1. The lowest BCUT2D eigenvalue weighted by molar-refractivity contribution is -0.385. The predicted molar refractivity (Wildman–Crippen MR) is 62.5 cm³/mol. The van der Waals surface area contributed by atoms with Crippen LogP contribution in [0.5, 0.6) is 0 Å². The number of amides is 1. The predicted octanol–water partition coefficient (Wildman–Crippen LogP) is 1.10. The molecule has 0 saturated heterocycles. The van der Waals surface area contributed by atoms with Crippen LogP contribution in [0.1, 0.15) is 30.6 Å². The summed E-state index contributed by atoms with van der Waals surface area (Å²) in [5, 5.41) is 13.2. The van der Waals surface area contributed by atoms with Gasteiger partial charge in [-0.3, -0.25) is 14.9 Å². The molecule has 1 amide bonds. The van der Waals surface area contributed by atoms with Crippen molar-refractivity contribution in [3.05, 3.63) is 27.9 Å². The van der Waals surface area contributed by atoms with Crippen LogP contribution in [0.3, 0.4) is 0 Å². The SMILES string of the molecule is CCC(C)NC(=O)c1cc([N+](=O)[O-])cnc1N. The van der Waals surface area contributed by atoms with Gasteiger partial charge in [0.05, 0.1) is 10.5 Å². The molecule has 1 aromatic heterocycles. The maximum absolute atomic E-state index is 11.8. The molecule has 92 valence electrons. The fraction of sp³-hybridized carbons (Fsp3) is 0.400. The molecule has 0 fully saturated rings. The van der Waals surface area contributed by atoms with Crippen molar-refractivity contribution < 1.29 is 9.72 Å². The van der Waals surface area contributed by atoms with Crippen molar-refractivity contribution in [2.45, 2.75) is 26.3 Å². The standard InChI is InChI=1S/C10H14N4O3/c1-3-6(2)13-10(15)8-4-7(14(16)17)5-12-9(8)11/h4-6H,3H2,1-2H3,(H2,11,12)(H,13,15). The van der Waals surface area contributed by atoms with E-state index in [1.807, 2.05) is 13.8 Å². The van der Waals surface area contributed by atoms with Gasteiger partial charge in [0.15, 0.2) is 0 Å². The molecule has 1 aromatic rings. The van der Waals surface area contributed by atoms with Gasteiger partial charge >= 0.3 is 0 Å². The molecular formula is C10H14N4O3. The number of carbonyl (C=O) groups excluding carboxylic acids is 1. The summed E-state index contributed by atoms with van der Waals surface area (Å²) in [6, 6.07) is 1.10. The van der Waals surface area contributed by atoms with Gasteiger partial charge in [0.2, 0.25) is 0 Å². The molecule has 0 radical (unpaired) electrons. The lowest BCUT2D eigenvalue weighted by Gasteiger charge is -2.11. The molecule has 7 nitrogen and oxygen atoms in total. The highest BCUT2D eigenvalue weighted by Crippen LogP contribution is 2.16. The second-order valence-corrected chi connectivity index (χ2v) is 3.67. The maximum Gasteiger partial charge on any atom is 0.288 e. The Hall–Kier alpha value is -2.18. The van der Waals surface area contributed by atoms with Crippen molar-refractivity contribution in [3.63, 3.8) is 0 Å². The van der Waals surface area contributed by atoms with Crippen LogP contribution in [0.2, 0.25) is 0 Å². The monoisotopic (exact) mass is 238 g/mol. The summed E-state index contributed by atoms with van der Waals surface area (Å²) in [5.74, 6) is -0.468. The third kappa shape index (κ3) is 3.13. The van der Waals surface area contributed by atoms with Crippen molar-refractivity contribution in [2.24, 2.45) is 0 Å². The lowest BCUT2D eigenvalue weighted by atomic mass is 10.2. The first-order chi connectivity index (χ1) is 7.95. The summed E-state index contributed by atoms with van der Waals surface area (Å²) >= 11 is 0. The van der Waals surface area contributed by atoms with Gasteiger partial charge in [-0.25, -0.2) is 4.98 Å². The van der Waals surface area contributed by atoms with Crippen molar-refractivity contribution in [1.29, 1.82) is 0 Å². The second kappa shape index (κ2) is 5.24. The molecule has 0 aliphatic rings. The Kier molecular flexibility index (Phi) is 3.97. The van der Waals surface area contributed by atoms with E-state index in [-0.39, 0.29) is 23.1 Å². The number of hydrogen-bond acceptors (Lipinski definition) is 5. The van der Waals surface area contributed by atoms with E-state index < -0.39 is 10.8 Å². The minimum Gasteiger partial charge on any atom is -0.383 e. The van der Waals surface area contributed by atoms with E-state index >= 15 is 0 Å². The minimum absolute atomic E-state index is 0.0172. The molecule has 0 spiro atoms. The first-order valence-corrected chi connectivity index (χ1v) is 5.16. The number of nitrogens with two attached hydrogens (primary N) is 1. The average Bonchev–Trinajstić information content (AvgIpc) is 2.28. The Bertz CT molecular complexity index is 447. The lowest BCUT2D eigenvalue weighted by Crippen LogP contribution is -2.32. The molecule has 1 heterocycles. The number of aromatic nitrogens is 1. The molecule has 0 aliphatic heterocycles. The van der Waals surface area contributed by atoms with Crippen LogP contribution >= 0.6 is 0 Å². The van der Waals surface area contributed by atoms with Gasteiger partial charge in [-0.15, -0.1) is 0 Å². The number of nitrogen functional groups attached to an aromatic ring is 1. The third-order valence-electron chi connectivity index (χ3n) is 2.35. The highest BCUT2D eigenvalue weighted by atomic mass is 16.6. The van der Waals surface area contributed by atoms with Crippen molar-refractivity contribution in [3.8, 4) is 0 Å². The largest absolute Gasteiger partial charge is 0.383 e. The van der Waals surface area contributed by atoms with Crippen LogP contribution < -0.4 is 11.1 Å². The molecule has 7 heteroatoms. The van der Waals surface area contributed by atoms with Crippen LogP contribution in [0, 0.1) is 10.1 Å². The molecule has 1 unspecified atom stereocenters. The summed E-state index contributed by atoms with van der Waals surface area (Å²) < 4.78 is 0. The van der Waals surface area contributed by atoms with Crippen LogP contribution in [0.25, 0.3) is 0 Å². The number of carbonyl (C=O) groups is 1. The topological polar surface area (TPSA) is 111 Å². The summed E-state index contributed by atoms with van der Waals surface area (Å²) in [6.45, 7) is 3.75. The van der Waals surface area contributed by atoms with Crippen LogP contribution in [-0.2, 0) is 0 Å². The van der Waals surface area contributed by atoms with E-state index in [2.05, 4.69) is 10.3 Å². The van der Waals surface area contributed by atoms with Crippen LogP contribution in [0.15, 0.2) is 12.3 Å². The first-order valence-electron chi connectivity index (χ1n) is 5.16. The van der Waals surface area contributed by atoms with Gasteiger partial charge < -0.3 is 11.1 Å². The molecule has 1 atom stereocenters. The normalized spacial score (nSPS) is 11.9. The van der Waals surface area contributed by atoms with Crippen molar-refractivity contribution in [1.82, 2.24) is 10.3 Å². The first kappa shape index (κ1) is 12.9. The van der Waals surface area contributed by atoms with E-state index in [0.29, 0.717) is 0 Å². The molecule has 0 saturated carbocycles. The number of rotatable bonds is 4. The van der Waals surface area contributed by atoms with Gasteiger partial charge in [0, 0.05) is 12.1 Å². The Labute approximate surface area is 98.2 Å². The summed E-state index contributed by atoms with van der Waals surface area (Å²) in [6.07, 6.45) is 1.78. The Morgan fingerprint density at radius 2 is 2.35 bits per heavy atom. The van der Waals surface area contributed by atoms with Crippen LogP contribution in [-0.4, -0.2) is 21.9 Å². The molecule has 1 rings (SSSR count). The number of nitrogens with zero attached hydrogens (tertiary/aromatic N) is 2. The number of hydrogen-bond donors (Lipinski definition) is 2. The van der Waals surface area contributed by atoms with Gasteiger partial charge in [0.25, 0.3) is 11.6 Å². The Morgan fingerprint density at radius 1 is 1.71 bits per heavy atom. The zero-order valence-corrected chi connectivity index (χ0v) is 9.64. The van der Waals surface area contributed by atoms with Crippen molar-refractivity contribution in [2.75, 3.05) is 5.73 Å². The maximum atomic E-state index is 11.8. The molecular weight excluding hydrogens is 224 g/mol. The van der Waals surface area contributed by atoms with Crippen molar-refractivity contribution >= 4 is 17.4 Å². The highest BCUT2D eigenvalue weighted by molar-refractivity contribution is 5.99. The van der Waals surface area contributed by atoms with E-state index in [4.69, 9.17) is 5.73 Å². The third-order valence-corrected chi connectivity index (χ3v) is 2.35. The Morgan fingerprint density at radius 3 is 2.88 bits per heavy atom. The molecule has 0 bridgehead atoms. The fourth-order valence-electron chi connectivity index (χ4n) is 1.15. The summed E-state index contributed by atoms with van der Waals surface area (Å²) in [7, 11) is 0. The molecule has 17 heavy (non-hydrogen) atoms. The highest BCUT2D eigenvalue weighted by Gasteiger charge is 2.17. The Balaban J connectivity index is 3.00. The van der Waals surface area contributed by atoms with Gasteiger partial charge in [-0.05, 0) is 13.3 Å². The summed E-state index contributed by atoms with van der Waals surface area (Å²) in [4.78, 5) is 25.3. The number of anilines is 1. The van der Waals surface area contributed by atoms with E-state index in [1.165, 1.54) is 0 Å². The van der Waals surface area contributed by atoms with E-state index in [1.54, 1.807) is 0 Å². The van der Waals surface area contributed by atoms with Crippen LogP contribution in [0.4, 0.5) is 11.5 Å². The molecule has 0 aromatic carbocycles. The average molecular weight is 238 g/mol. The summed E-state index contributed by atoms with van der Waals surface area (Å²) in [5.41, 5.74) is 5.28. The smallest absolute Gasteiger partial charge is 0.288 e. The zero-order chi connectivity index (χ0) is 13.0. The number of nitro groups is 1. The van der Waals surface area contributed by atoms with E-state index in [0.717, 1.165) is 18.7 Å². The molecule has 0 aliphatic carbocycles. The minimum atomic E-state index is -0.619. The number of pyridine rings is 1. The van der Waals surface area contributed by atoms with E-state index in [9.17, 15) is 14.9 Å². The quantitative estimate of drug-likeness (QED) is 0.602.